The van der Waals surface area contributed by atoms with Crippen LogP contribution >= 0.6 is 11.3 Å². The van der Waals surface area contributed by atoms with Gasteiger partial charge in [0.1, 0.15) is 6.61 Å². The summed E-state index contributed by atoms with van der Waals surface area (Å²) in [5.74, 6) is -0.817. The van der Waals surface area contributed by atoms with Gasteiger partial charge in [-0.05, 0) is 71.7 Å². The van der Waals surface area contributed by atoms with Crippen LogP contribution in [0.3, 0.4) is 0 Å². The smallest absolute Gasteiger partial charge is 0.198 e. The molecule has 2 N–H and O–H groups in total. The number of hydroxylamine groups is 2. The number of hydrogen-bond donors (Lipinski definition) is 2. The summed E-state index contributed by atoms with van der Waals surface area (Å²) in [6.45, 7) is 3.48. The number of Topliss-reactive ketones (excluding diaryl/α,β-unsaturated/α-hetero) is 1. The van der Waals surface area contributed by atoms with E-state index in [1.165, 1.54) is 11.1 Å². The monoisotopic (exact) mass is 479 g/mol. The SMILES string of the molecule is C[C@H]1C=C2C(=O)C=C3C4=C(C5=C(CCC5)C4)N(Cc4ccsc4)O[C@]3(C(=O)CO)[C@@]2(C)C[C@@H]1O. The van der Waals surface area contributed by atoms with Crippen molar-refractivity contribution < 1.29 is 24.6 Å². The third-order valence-corrected chi connectivity index (χ3v) is 9.24. The molecule has 0 saturated carbocycles. The average Bonchev–Trinajstić information content (AvgIpc) is 3.54. The summed E-state index contributed by atoms with van der Waals surface area (Å²) >= 11 is 1.61. The van der Waals surface area contributed by atoms with Crippen molar-refractivity contribution in [1.29, 1.82) is 0 Å². The number of allylic oxidation sites excluding steroid dienone is 3. The fourth-order valence-electron chi connectivity index (χ4n) is 6.80. The number of thiophene rings is 1. The minimum Gasteiger partial charge on any atom is -0.392 e. The largest absolute Gasteiger partial charge is 0.392 e. The Morgan fingerprint density at radius 2 is 2.12 bits per heavy atom. The quantitative estimate of drug-likeness (QED) is 0.684. The van der Waals surface area contributed by atoms with Crippen molar-refractivity contribution in [2.45, 2.75) is 64.2 Å². The van der Waals surface area contributed by atoms with Gasteiger partial charge in [0, 0.05) is 22.5 Å². The lowest BCUT2D eigenvalue weighted by Crippen LogP contribution is -2.66. The first-order chi connectivity index (χ1) is 16.3. The van der Waals surface area contributed by atoms with Gasteiger partial charge in [0.15, 0.2) is 17.2 Å². The van der Waals surface area contributed by atoms with Gasteiger partial charge in [0.2, 0.25) is 0 Å². The molecule has 0 unspecified atom stereocenters. The lowest BCUT2D eigenvalue weighted by atomic mass is 9.52. The molecule has 0 amide bonds. The van der Waals surface area contributed by atoms with Crippen LogP contribution in [0.1, 0.15) is 51.5 Å². The van der Waals surface area contributed by atoms with E-state index in [4.69, 9.17) is 4.84 Å². The number of rotatable bonds is 4. The molecule has 0 radical (unpaired) electrons. The van der Waals surface area contributed by atoms with Gasteiger partial charge in [-0.25, -0.2) is 5.06 Å². The summed E-state index contributed by atoms with van der Waals surface area (Å²) in [6, 6.07) is 2.04. The van der Waals surface area contributed by atoms with Crippen molar-refractivity contribution in [1.82, 2.24) is 5.06 Å². The minimum absolute atomic E-state index is 0.133. The van der Waals surface area contributed by atoms with E-state index in [2.05, 4.69) is 5.38 Å². The highest BCUT2D eigenvalue weighted by Gasteiger charge is 2.67. The standard InChI is InChI=1S/C27H29NO5S/c1-15-8-21-22(30)10-20-19-9-17-4-3-5-18(17)25(19)28(12-16-6-7-34-14-16)33-27(20,24(32)13-29)26(21,2)11-23(15)31/h6-8,10,14-15,23,29,31H,3-5,9,11-13H2,1-2H3/t15-,23-,26-,27+/m0/s1. The van der Waals surface area contributed by atoms with E-state index in [1.807, 2.05) is 30.4 Å². The highest BCUT2D eigenvalue weighted by molar-refractivity contribution is 7.07. The number of hydrogen-bond acceptors (Lipinski definition) is 7. The van der Waals surface area contributed by atoms with Gasteiger partial charge in [-0.2, -0.15) is 11.3 Å². The van der Waals surface area contributed by atoms with Crippen molar-refractivity contribution >= 4 is 22.9 Å². The predicted molar refractivity (Wildman–Crippen MR) is 127 cm³/mol. The van der Waals surface area contributed by atoms with Gasteiger partial charge in [-0.3, -0.25) is 14.4 Å². The van der Waals surface area contributed by atoms with Gasteiger partial charge in [-0.15, -0.1) is 0 Å². The molecule has 2 heterocycles. The van der Waals surface area contributed by atoms with E-state index in [1.54, 1.807) is 23.5 Å². The second kappa shape index (κ2) is 7.59. The van der Waals surface area contributed by atoms with Gasteiger partial charge >= 0.3 is 0 Å². The number of aliphatic hydroxyl groups excluding tert-OH is 2. The maximum Gasteiger partial charge on any atom is 0.198 e. The second-order valence-corrected chi connectivity index (χ2v) is 11.2. The molecule has 0 saturated heterocycles. The zero-order valence-electron chi connectivity index (χ0n) is 19.5. The molecule has 5 aliphatic rings. The molecule has 1 aromatic rings. The number of ketones is 2. The van der Waals surface area contributed by atoms with Crippen LogP contribution in [0, 0.1) is 11.3 Å². The Bertz CT molecular complexity index is 1220. The first-order valence-corrected chi connectivity index (χ1v) is 13.0. The van der Waals surface area contributed by atoms with Crippen molar-refractivity contribution in [2.24, 2.45) is 11.3 Å². The Morgan fingerprint density at radius 3 is 2.85 bits per heavy atom. The third kappa shape index (κ3) is 2.78. The molecule has 4 atom stereocenters. The Labute approximate surface area is 202 Å². The molecule has 7 heteroatoms. The number of fused-ring (bicyclic) bond motifs is 5. The summed E-state index contributed by atoms with van der Waals surface area (Å²) < 4.78 is 0. The van der Waals surface area contributed by atoms with Crippen LogP contribution in [0.25, 0.3) is 0 Å². The first kappa shape index (κ1) is 22.2. The molecule has 1 aromatic heterocycles. The normalized spacial score (nSPS) is 34.5. The number of aliphatic hydroxyl groups is 2. The van der Waals surface area contributed by atoms with Gasteiger partial charge < -0.3 is 10.2 Å². The molecule has 0 fully saturated rings. The lowest BCUT2D eigenvalue weighted by Gasteiger charge is -2.57. The summed E-state index contributed by atoms with van der Waals surface area (Å²) in [6.07, 6.45) is 6.61. The van der Waals surface area contributed by atoms with Crippen molar-refractivity contribution in [3.05, 3.63) is 68.1 Å². The van der Waals surface area contributed by atoms with E-state index < -0.39 is 29.5 Å². The Kier molecular flexibility index (Phi) is 4.95. The number of nitrogens with zero attached hydrogens (tertiary/aromatic N) is 1. The van der Waals surface area contributed by atoms with Crippen LogP contribution in [0.5, 0.6) is 0 Å². The highest BCUT2D eigenvalue weighted by Crippen LogP contribution is 2.62. The molecule has 6 nitrogen and oxygen atoms in total. The molecule has 0 bridgehead atoms. The van der Waals surface area contributed by atoms with E-state index in [0.29, 0.717) is 24.1 Å². The first-order valence-electron chi connectivity index (χ1n) is 12.0. The number of carbonyl (C=O) groups is 2. The molecule has 0 spiro atoms. The molecule has 6 rings (SSSR count). The zero-order chi connectivity index (χ0) is 23.8. The van der Waals surface area contributed by atoms with Crippen LogP contribution < -0.4 is 0 Å². The number of carbonyl (C=O) groups excluding carboxylic acids is 2. The van der Waals surface area contributed by atoms with E-state index in [-0.39, 0.29) is 18.1 Å². The molecular formula is C27H29NO5S. The summed E-state index contributed by atoms with van der Waals surface area (Å²) in [4.78, 5) is 34.0. The summed E-state index contributed by atoms with van der Waals surface area (Å²) in [7, 11) is 0. The predicted octanol–water partition coefficient (Wildman–Crippen LogP) is 3.78. The third-order valence-electron chi connectivity index (χ3n) is 8.50. The highest BCUT2D eigenvalue weighted by atomic mass is 32.1. The zero-order valence-corrected chi connectivity index (χ0v) is 20.3. The minimum atomic E-state index is -1.57. The molecule has 0 aromatic carbocycles. The Balaban J connectivity index is 1.60. The fraction of sp³-hybridized carbons (Fsp3) is 0.481. The molecule has 178 valence electrons. The van der Waals surface area contributed by atoms with Crippen LogP contribution in [0.4, 0.5) is 0 Å². The van der Waals surface area contributed by atoms with Crippen molar-refractivity contribution in [2.75, 3.05) is 6.61 Å². The topological polar surface area (TPSA) is 87.1 Å². The van der Waals surface area contributed by atoms with E-state index in [9.17, 15) is 19.8 Å². The molecule has 1 aliphatic heterocycles. The average molecular weight is 480 g/mol. The Hall–Kier alpha value is -2.32. The summed E-state index contributed by atoms with van der Waals surface area (Å²) in [5.41, 5.74) is 4.05. The lowest BCUT2D eigenvalue weighted by molar-refractivity contribution is -0.254. The molecule has 4 aliphatic carbocycles. The van der Waals surface area contributed by atoms with Gasteiger partial charge in [-0.1, -0.05) is 25.5 Å². The van der Waals surface area contributed by atoms with Crippen molar-refractivity contribution in [3.63, 3.8) is 0 Å². The van der Waals surface area contributed by atoms with Gasteiger partial charge in [0.05, 0.1) is 18.3 Å². The second-order valence-electron chi connectivity index (χ2n) is 10.4. The Morgan fingerprint density at radius 1 is 1.29 bits per heavy atom. The van der Waals surface area contributed by atoms with Crippen molar-refractivity contribution in [3.8, 4) is 0 Å². The molecule has 34 heavy (non-hydrogen) atoms. The van der Waals surface area contributed by atoms with Gasteiger partial charge in [0.25, 0.3) is 0 Å². The maximum atomic E-state index is 13.8. The maximum absolute atomic E-state index is 13.8. The van der Waals surface area contributed by atoms with E-state index in [0.717, 1.165) is 36.1 Å². The van der Waals surface area contributed by atoms with Crippen LogP contribution in [0.15, 0.2) is 62.5 Å². The van der Waals surface area contributed by atoms with Crippen LogP contribution in [-0.4, -0.2) is 45.2 Å². The summed E-state index contributed by atoms with van der Waals surface area (Å²) in [5, 5.41) is 27.0. The van der Waals surface area contributed by atoms with E-state index >= 15 is 0 Å². The van der Waals surface area contributed by atoms with Crippen LogP contribution in [0.2, 0.25) is 0 Å². The molecular weight excluding hydrogens is 450 g/mol. The van der Waals surface area contributed by atoms with Crippen LogP contribution in [-0.2, 0) is 21.0 Å². The fourth-order valence-corrected chi connectivity index (χ4v) is 7.46.